The minimum atomic E-state index is -0.909. The third-order valence-electron chi connectivity index (χ3n) is 3.81. The minimum Gasteiger partial charge on any atom is -0.396 e. The SMILES string of the molecule is CN1CCN(C)C(CNC(=O)c2cc(N)c(F)cc2F)C1. The molecule has 1 aromatic rings. The van der Waals surface area contributed by atoms with E-state index in [0.717, 1.165) is 25.7 Å². The third kappa shape index (κ3) is 3.68. The molecule has 2 rings (SSSR count). The Balaban J connectivity index is 2.00. The molecule has 0 bridgehead atoms. The molecule has 0 saturated carbocycles. The first-order chi connectivity index (χ1) is 9.88. The lowest BCUT2D eigenvalue weighted by Crippen LogP contribution is -2.54. The number of hydrogen-bond donors (Lipinski definition) is 2. The molecular formula is C14H20F2N4O. The molecule has 1 saturated heterocycles. The van der Waals surface area contributed by atoms with E-state index in [1.807, 2.05) is 14.1 Å². The van der Waals surface area contributed by atoms with E-state index >= 15 is 0 Å². The van der Waals surface area contributed by atoms with E-state index < -0.39 is 17.5 Å². The molecule has 1 atom stereocenters. The van der Waals surface area contributed by atoms with Gasteiger partial charge in [-0.1, -0.05) is 0 Å². The molecule has 1 unspecified atom stereocenters. The van der Waals surface area contributed by atoms with E-state index in [2.05, 4.69) is 15.1 Å². The number of likely N-dealkylation sites (N-methyl/N-ethyl adjacent to an activating group) is 2. The smallest absolute Gasteiger partial charge is 0.254 e. The first-order valence-corrected chi connectivity index (χ1v) is 6.80. The van der Waals surface area contributed by atoms with Crippen molar-refractivity contribution >= 4 is 11.6 Å². The van der Waals surface area contributed by atoms with E-state index in [4.69, 9.17) is 5.73 Å². The highest BCUT2D eigenvalue weighted by atomic mass is 19.1. The van der Waals surface area contributed by atoms with Crippen LogP contribution in [0.3, 0.4) is 0 Å². The molecule has 1 aliphatic rings. The van der Waals surface area contributed by atoms with Gasteiger partial charge >= 0.3 is 0 Å². The number of halogens is 2. The van der Waals surface area contributed by atoms with Crippen molar-refractivity contribution in [2.75, 3.05) is 46.0 Å². The summed E-state index contributed by atoms with van der Waals surface area (Å²) in [5, 5.41) is 2.68. The fourth-order valence-corrected chi connectivity index (χ4v) is 2.37. The molecular weight excluding hydrogens is 278 g/mol. The fourth-order valence-electron chi connectivity index (χ4n) is 2.37. The van der Waals surface area contributed by atoms with Crippen molar-refractivity contribution in [3.8, 4) is 0 Å². The number of carbonyl (C=O) groups is 1. The number of nitrogen functional groups attached to an aromatic ring is 1. The van der Waals surface area contributed by atoms with Crippen LogP contribution in [0.1, 0.15) is 10.4 Å². The minimum absolute atomic E-state index is 0.161. The number of nitrogens with zero attached hydrogens (tertiary/aromatic N) is 2. The number of nitrogens with one attached hydrogen (secondary N) is 1. The summed E-state index contributed by atoms with van der Waals surface area (Å²) in [6.07, 6.45) is 0. The lowest BCUT2D eigenvalue weighted by atomic mass is 10.1. The number of anilines is 1. The fraction of sp³-hybridized carbons (Fsp3) is 0.500. The van der Waals surface area contributed by atoms with Gasteiger partial charge in [0.25, 0.3) is 5.91 Å². The largest absolute Gasteiger partial charge is 0.396 e. The first kappa shape index (κ1) is 15.7. The topological polar surface area (TPSA) is 61.6 Å². The molecule has 0 radical (unpaired) electrons. The molecule has 1 heterocycles. The van der Waals surface area contributed by atoms with Crippen LogP contribution >= 0.6 is 0 Å². The zero-order valence-electron chi connectivity index (χ0n) is 12.2. The molecule has 0 aromatic heterocycles. The summed E-state index contributed by atoms with van der Waals surface area (Å²) >= 11 is 0. The van der Waals surface area contributed by atoms with Crippen LogP contribution in [0.5, 0.6) is 0 Å². The Morgan fingerprint density at radius 2 is 2.05 bits per heavy atom. The van der Waals surface area contributed by atoms with Crippen LogP contribution in [0.15, 0.2) is 12.1 Å². The number of hydrogen-bond acceptors (Lipinski definition) is 4. The zero-order valence-corrected chi connectivity index (χ0v) is 12.2. The molecule has 0 aliphatic carbocycles. The predicted molar refractivity (Wildman–Crippen MR) is 77.0 cm³/mol. The van der Waals surface area contributed by atoms with Crippen molar-refractivity contribution in [3.05, 3.63) is 29.3 Å². The predicted octanol–water partition coefficient (Wildman–Crippen LogP) is 0.523. The van der Waals surface area contributed by atoms with Crippen LogP contribution in [0.4, 0.5) is 14.5 Å². The Kier molecular flexibility index (Phi) is 4.74. The van der Waals surface area contributed by atoms with Gasteiger partial charge in [-0.05, 0) is 20.2 Å². The Morgan fingerprint density at radius 3 is 2.76 bits per heavy atom. The normalized spacial score (nSPS) is 20.5. The second-order valence-electron chi connectivity index (χ2n) is 5.46. The van der Waals surface area contributed by atoms with Gasteiger partial charge in [0.2, 0.25) is 0 Å². The molecule has 7 heteroatoms. The maximum atomic E-state index is 13.6. The molecule has 1 amide bonds. The van der Waals surface area contributed by atoms with Gasteiger partial charge in [-0.15, -0.1) is 0 Å². The molecule has 1 aliphatic heterocycles. The van der Waals surface area contributed by atoms with Gasteiger partial charge in [0.15, 0.2) is 0 Å². The highest BCUT2D eigenvalue weighted by Gasteiger charge is 2.23. The summed E-state index contributed by atoms with van der Waals surface area (Å²) in [4.78, 5) is 16.3. The molecule has 0 spiro atoms. The van der Waals surface area contributed by atoms with Crippen LogP contribution in [0.25, 0.3) is 0 Å². The Bertz CT molecular complexity index is 538. The summed E-state index contributed by atoms with van der Waals surface area (Å²) in [7, 11) is 4.00. The summed E-state index contributed by atoms with van der Waals surface area (Å²) in [6, 6.07) is 1.81. The third-order valence-corrected chi connectivity index (χ3v) is 3.81. The molecule has 1 fully saturated rings. The average Bonchev–Trinajstić information content (AvgIpc) is 2.43. The number of rotatable bonds is 3. The second-order valence-corrected chi connectivity index (χ2v) is 5.46. The number of nitrogens with two attached hydrogens (primary N) is 1. The van der Waals surface area contributed by atoms with Crippen molar-refractivity contribution in [2.45, 2.75) is 6.04 Å². The van der Waals surface area contributed by atoms with Gasteiger partial charge in [0, 0.05) is 38.3 Å². The van der Waals surface area contributed by atoms with E-state index in [1.54, 1.807) is 0 Å². The quantitative estimate of drug-likeness (QED) is 0.799. The monoisotopic (exact) mass is 298 g/mol. The van der Waals surface area contributed by atoms with E-state index in [1.165, 1.54) is 0 Å². The summed E-state index contributed by atoms with van der Waals surface area (Å²) in [5.74, 6) is -2.35. The van der Waals surface area contributed by atoms with Crippen LogP contribution in [0, 0.1) is 11.6 Å². The Hall–Kier alpha value is -1.73. The van der Waals surface area contributed by atoms with Gasteiger partial charge < -0.3 is 16.0 Å². The lowest BCUT2D eigenvalue weighted by molar-refractivity contribution is 0.0877. The Labute approximate surface area is 122 Å². The Morgan fingerprint density at radius 1 is 1.33 bits per heavy atom. The number of amides is 1. The summed E-state index contributed by atoms with van der Waals surface area (Å²) in [5.41, 5.74) is 4.89. The van der Waals surface area contributed by atoms with Gasteiger partial charge in [-0.2, -0.15) is 0 Å². The van der Waals surface area contributed by atoms with Gasteiger partial charge in [0.05, 0.1) is 11.3 Å². The van der Waals surface area contributed by atoms with Crippen LogP contribution < -0.4 is 11.1 Å². The van der Waals surface area contributed by atoms with Crippen molar-refractivity contribution in [1.29, 1.82) is 0 Å². The van der Waals surface area contributed by atoms with Gasteiger partial charge in [0.1, 0.15) is 11.6 Å². The molecule has 5 nitrogen and oxygen atoms in total. The number of benzene rings is 1. The van der Waals surface area contributed by atoms with Crippen LogP contribution in [0.2, 0.25) is 0 Å². The molecule has 3 N–H and O–H groups in total. The summed E-state index contributed by atoms with van der Waals surface area (Å²) in [6.45, 7) is 3.11. The van der Waals surface area contributed by atoms with Crippen molar-refractivity contribution in [1.82, 2.24) is 15.1 Å². The second kappa shape index (κ2) is 6.36. The lowest BCUT2D eigenvalue weighted by Gasteiger charge is -2.37. The maximum Gasteiger partial charge on any atom is 0.254 e. The van der Waals surface area contributed by atoms with Crippen molar-refractivity contribution < 1.29 is 13.6 Å². The van der Waals surface area contributed by atoms with Crippen LogP contribution in [-0.2, 0) is 0 Å². The highest BCUT2D eigenvalue weighted by Crippen LogP contribution is 2.16. The highest BCUT2D eigenvalue weighted by molar-refractivity contribution is 5.95. The first-order valence-electron chi connectivity index (χ1n) is 6.80. The van der Waals surface area contributed by atoms with E-state index in [9.17, 15) is 13.6 Å². The molecule has 116 valence electrons. The van der Waals surface area contributed by atoms with Gasteiger partial charge in [-0.3, -0.25) is 9.69 Å². The number of piperazine rings is 1. The summed E-state index contributed by atoms with van der Waals surface area (Å²) < 4.78 is 26.7. The van der Waals surface area contributed by atoms with Crippen molar-refractivity contribution in [3.63, 3.8) is 0 Å². The van der Waals surface area contributed by atoms with E-state index in [0.29, 0.717) is 12.6 Å². The zero-order chi connectivity index (χ0) is 15.6. The average molecular weight is 298 g/mol. The van der Waals surface area contributed by atoms with Crippen LogP contribution in [-0.4, -0.2) is 62.0 Å². The van der Waals surface area contributed by atoms with Crippen molar-refractivity contribution in [2.24, 2.45) is 0 Å². The number of carbonyl (C=O) groups excluding carboxylic acids is 1. The van der Waals surface area contributed by atoms with Gasteiger partial charge in [-0.25, -0.2) is 8.78 Å². The standard InChI is InChI=1S/C14H20F2N4O/c1-19-3-4-20(2)9(8-19)7-18-14(21)10-5-13(17)12(16)6-11(10)15/h5-6,9H,3-4,7-8,17H2,1-2H3,(H,18,21). The molecule has 21 heavy (non-hydrogen) atoms. The maximum absolute atomic E-state index is 13.6. The molecule has 1 aromatic carbocycles. The van der Waals surface area contributed by atoms with E-state index in [-0.39, 0.29) is 17.3 Å².